The Labute approximate surface area is 99.7 Å². The van der Waals surface area contributed by atoms with Crippen LogP contribution in [0.3, 0.4) is 0 Å². The van der Waals surface area contributed by atoms with E-state index in [0.717, 1.165) is 0 Å². The number of benzene rings is 1. The molecule has 0 bridgehead atoms. The summed E-state index contributed by atoms with van der Waals surface area (Å²) in [7, 11) is 0. The van der Waals surface area contributed by atoms with Gasteiger partial charge < -0.3 is 10.2 Å². The van der Waals surface area contributed by atoms with Crippen molar-refractivity contribution in [1.29, 1.82) is 0 Å². The van der Waals surface area contributed by atoms with Crippen molar-refractivity contribution in [3.8, 4) is 5.75 Å². The average Bonchev–Trinajstić information content (AvgIpc) is 2.12. The number of carbonyl (C=O) groups is 1. The Hall–Kier alpha value is -1.22. The van der Waals surface area contributed by atoms with E-state index in [2.05, 4.69) is 0 Å². The number of rotatable bonds is 3. The second-order valence-corrected chi connectivity index (χ2v) is 4.64. The van der Waals surface area contributed by atoms with Gasteiger partial charge in [0.2, 0.25) is 0 Å². The molecule has 0 radical (unpaired) electrons. The number of phenols is 1. The van der Waals surface area contributed by atoms with Crippen LogP contribution in [0.25, 0.3) is 0 Å². The maximum atomic E-state index is 11.1. The van der Waals surface area contributed by atoms with Crippen LogP contribution in [0.1, 0.15) is 30.9 Å². The number of hydrogen-bond donors (Lipinski definition) is 2. The quantitative estimate of drug-likeness (QED) is 0.856. The zero-order valence-electron chi connectivity index (χ0n) is 9.49. The van der Waals surface area contributed by atoms with Crippen LogP contribution >= 0.6 is 11.6 Å². The summed E-state index contributed by atoms with van der Waals surface area (Å²) in [5.74, 6) is -1.50. The smallest absolute Gasteiger partial charge is 0.311 e. The molecule has 88 valence electrons. The molecule has 0 aliphatic carbocycles. The summed E-state index contributed by atoms with van der Waals surface area (Å²) >= 11 is 5.83. The summed E-state index contributed by atoms with van der Waals surface area (Å²) in [5, 5.41) is 18.8. The standard InChI is InChI=1S/C12H15ClO3/c1-6(2)10(12(15)16)8-4-7(3)11(14)9(13)5-8/h4-6,10,14H,1-3H3,(H,15,16). The molecule has 1 aromatic carbocycles. The second-order valence-electron chi connectivity index (χ2n) is 4.23. The van der Waals surface area contributed by atoms with Gasteiger partial charge in [0.15, 0.2) is 0 Å². The van der Waals surface area contributed by atoms with Crippen molar-refractivity contribution in [2.24, 2.45) is 5.92 Å². The Kier molecular flexibility index (Phi) is 3.81. The van der Waals surface area contributed by atoms with Crippen LogP contribution in [0.4, 0.5) is 0 Å². The first-order chi connectivity index (χ1) is 7.34. The van der Waals surface area contributed by atoms with E-state index in [4.69, 9.17) is 16.7 Å². The summed E-state index contributed by atoms with van der Waals surface area (Å²) in [5.41, 5.74) is 1.22. The lowest BCUT2D eigenvalue weighted by molar-refractivity contribution is -0.139. The highest BCUT2D eigenvalue weighted by Crippen LogP contribution is 2.33. The lowest BCUT2D eigenvalue weighted by atomic mass is 9.88. The van der Waals surface area contributed by atoms with E-state index in [0.29, 0.717) is 11.1 Å². The fourth-order valence-corrected chi connectivity index (χ4v) is 2.03. The molecule has 0 amide bonds. The van der Waals surface area contributed by atoms with Gasteiger partial charge in [-0.3, -0.25) is 4.79 Å². The highest BCUT2D eigenvalue weighted by atomic mass is 35.5. The van der Waals surface area contributed by atoms with Gasteiger partial charge in [0.25, 0.3) is 0 Å². The van der Waals surface area contributed by atoms with Crippen molar-refractivity contribution in [1.82, 2.24) is 0 Å². The van der Waals surface area contributed by atoms with Crippen molar-refractivity contribution in [3.05, 3.63) is 28.3 Å². The average molecular weight is 243 g/mol. The molecule has 4 heteroatoms. The predicted molar refractivity (Wildman–Crippen MR) is 63.1 cm³/mol. The van der Waals surface area contributed by atoms with Gasteiger partial charge in [0, 0.05) is 0 Å². The Morgan fingerprint density at radius 3 is 2.31 bits per heavy atom. The number of halogens is 1. The minimum atomic E-state index is -0.879. The van der Waals surface area contributed by atoms with Gasteiger partial charge >= 0.3 is 5.97 Å². The van der Waals surface area contributed by atoms with E-state index < -0.39 is 11.9 Å². The number of hydrogen-bond acceptors (Lipinski definition) is 2. The van der Waals surface area contributed by atoms with E-state index in [1.54, 1.807) is 13.0 Å². The van der Waals surface area contributed by atoms with Crippen LogP contribution in [0.5, 0.6) is 5.75 Å². The Bertz CT molecular complexity index is 390. The summed E-state index contributed by atoms with van der Waals surface area (Å²) < 4.78 is 0. The maximum Gasteiger partial charge on any atom is 0.311 e. The van der Waals surface area contributed by atoms with Crippen molar-refractivity contribution in [3.63, 3.8) is 0 Å². The van der Waals surface area contributed by atoms with Crippen LogP contribution in [0, 0.1) is 12.8 Å². The zero-order chi connectivity index (χ0) is 12.5. The minimum absolute atomic E-state index is 0.0123. The van der Waals surface area contributed by atoms with Gasteiger partial charge in [-0.05, 0) is 30.0 Å². The first kappa shape index (κ1) is 12.8. The van der Waals surface area contributed by atoms with Crippen molar-refractivity contribution in [2.45, 2.75) is 26.7 Å². The molecule has 2 N–H and O–H groups in total. The highest BCUT2D eigenvalue weighted by Gasteiger charge is 2.24. The number of carboxylic acid groups (broad SMARTS) is 1. The number of carboxylic acids is 1. The van der Waals surface area contributed by atoms with Crippen LogP contribution in [-0.2, 0) is 4.79 Å². The lowest BCUT2D eigenvalue weighted by Gasteiger charge is -2.18. The predicted octanol–water partition coefficient (Wildman–Crippen LogP) is 3.18. The topological polar surface area (TPSA) is 57.5 Å². The van der Waals surface area contributed by atoms with Gasteiger partial charge in [-0.2, -0.15) is 0 Å². The molecule has 1 atom stereocenters. The fourth-order valence-electron chi connectivity index (χ4n) is 1.76. The molecule has 1 unspecified atom stereocenters. The van der Waals surface area contributed by atoms with Crippen molar-refractivity contribution >= 4 is 17.6 Å². The molecule has 1 rings (SSSR count). The normalized spacial score (nSPS) is 12.8. The third-order valence-corrected chi connectivity index (χ3v) is 2.86. The van der Waals surface area contributed by atoms with Gasteiger partial charge in [0.1, 0.15) is 5.75 Å². The highest BCUT2D eigenvalue weighted by molar-refractivity contribution is 6.32. The molecular formula is C12H15ClO3. The zero-order valence-corrected chi connectivity index (χ0v) is 10.2. The number of aromatic hydroxyl groups is 1. The van der Waals surface area contributed by atoms with E-state index >= 15 is 0 Å². The molecule has 16 heavy (non-hydrogen) atoms. The van der Waals surface area contributed by atoms with Crippen molar-refractivity contribution < 1.29 is 15.0 Å². The SMILES string of the molecule is Cc1cc(C(C(=O)O)C(C)C)cc(Cl)c1O. The van der Waals surface area contributed by atoms with Crippen LogP contribution in [0.2, 0.25) is 5.02 Å². The molecule has 0 saturated heterocycles. The molecule has 0 spiro atoms. The van der Waals surface area contributed by atoms with Crippen LogP contribution in [-0.4, -0.2) is 16.2 Å². The fraction of sp³-hybridized carbons (Fsp3) is 0.417. The lowest BCUT2D eigenvalue weighted by Crippen LogP contribution is -2.17. The Morgan fingerprint density at radius 1 is 1.38 bits per heavy atom. The van der Waals surface area contributed by atoms with Crippen molar-refractivity contribution in [2.75, 3.05) is 0 Å². The molecule has 0 fully saturated rings. The molecule has 0 heterocycles. The monoisotopic (exact) mass is 242 g/mol. The van der Waals surface area contributed by atoms with Gasteiger partial charge in [-0.15, -0.1) is 0 Å². The molecule has 3 nitrogen and oxygen atoms in total. The van der Waals surface area contributed by atoms with E-state index in [-0.39, 0.29) is 16.7 Å². The first-order valence-corrected chi connectivity index (χ1v) is 5.44. The molecule has 0 saturated carbocycles. The summed E-state index contributed by atoms with van der Waals surface area (Å²) in [6.45, 7) is 5.38. The summed E-state index contributed by atoms with van der Waals surface area (Å²) in [6, 6.07) is 3.18. The van der Waals surface area contributed by atoms with E-state index in [9.17, 15) is 9.90 Å². The minimum Gasteiger partial charge on any atom is -0.506 e. The second kappa shape index (κ2) is 4.74. The van der Waals surface area contributed by atoms with Gasteiger partial charge in [-0.1, -0.05) is 31.5 Å². The van der Waals surface area contributed by atoms with Gasteiger partial charge in [0.05, 0.1) is 10.9 Å². The Morgan fingerprint density at radius 2 is 1.94 bits per heavy atom. The third-order valence-electron chi connectivity index (χ3n) is 2.57. The number of aliphatic carboxylic acids is 1. The molecular weight excluding hydrogens is 228 g/mol. The number of phenolic OH excluding ortho intramolecular Hbond substituents is 1. The third kappa shape index (κ3) is 2.47. The molecule has 0 aromatic heterocycles. The largest absolute Gasteiger partial charge is 0.506 e. The molecule has 0 aliphatic heterocycles. The van der Waals surface area contributed by atoms with Gasteiger partial charge in [-0.25, -0.2) is 0 Å². The summed E-state index contributed by atoms with van der Waals surface area (Å²) in [6.07, 6.45) is 0. The molecule has 0 aliphatic rings. The van der Waals surface area contributed by atoms with E-state index in [1.807, 2.05) is 13.8 Å². The first-order valence-electron chi connectivity index (χ1n) is 5.06. The maximum absolute atomic E-state index is 11.1. The number of aryl methyl sites for hydroxylation is 1. The van der Waals surface area contributed by atoms with Crippen LogP contribution in [0.15, 0.2) is 12.1 Å². The Balaban J connectivity index is 3.26. The molecule has 1 aromatic rings. The van der Waals surface area contributed by atoms with E-state index in [1.165, 1.54) is 6.07 Å². The summed E-state index contributed by atoms with van der Waals surface area (Å²) in [4.78, 5) is 11.1. The van der Waals surface area contributed by atoms with Crippen LogP contribution < -0.4 is 0 Å².